The molecule has 0 aliphatic rings. The number of hydrogen-bond donors (Lipinski definition) is 1. The van der Waals surface area contributed by atoms with Crippen molar-refractivity contribution in [1.82, 2.24) is 19.5 Å². The van der Waals surface area contributed by atoms with E-state index in [-0.39, 0.29) is 22.8 Å². The summed E-state index contributed by atoms with van der Waals surface area (Å²) in [6.45, 7) is 0.369. The Bertz CT molecular complexity index is 1070. The number of carbonyl (C=O) groups excluding carboxylic acids is 1. The van der Waals surface area contributed by atoms with Gasteiger partial charge in [0, 0.05) is 31.5 Å². The van der Waals surface area contributed by atoms with E-state index in [4.69, 9.17) is 11.6 Å². The van der Waals surface area contributed by atoms with Crippen molar-refractivity contribution in [3.63, 3.8) is 0 Å². The van der Waals surface area contributed by atoms with Gasteiger partial charge < -0.3 is 14.6 Å². The Balaban J connectivity index is 1.71. The molecule has 0 saturated carbocycles. The van der Waals surface area contributed by atoms with Crippen molar-refractivity contribution in [3.8, 4) is 11.4 Å². The normalized spacial score (nSPS) is 11.4. The van der Waals surface area contributed by atoms with Gasteiger partial charge in [-0.2, -0.15) is 18.2 Å². The molecule has 0 unspecified atom stereocenters. The fraction of sp³-hybridized carbons (Fsp3) is 0.263. The number of aromatic nitrogens is 4. The number of carbonyl (C=O) groups is 1. The quantitative estimate of drug-likeness (QED) is 0.310. The molecule has 31 heavy (non-hydrogen) atoms. The Morgan fingerprint density at radius 1 is 1.26 bits per heavy atom. The zero-order valence-electron chi connectivity index (χ0n) is 16.4. The number of imidazole rings is 1. The third kappa shape index (κ3) is 5.88. The van der Waals surface area contributed by atoms with E-state index in [0.717, 1.165) is 11.8 Å². The topological polar surface area (TPSA) is 81.9 Å². The lowest BCUT2D eigenvalue weighted by molar-refractivity contribution is -0.141. The number of halogens is 4. The summed E-state index contributed by atoms with van der Waals surface area (Å²) in [5.41, 5.74) is 0.474. The van der Waals surface area contributed by atoms with Gasteiger partial charge in [-0.05, 0) is 17.2 Å². The highest BCUT2D eigenvalue weighted by Gasteiger charge is 2.34. The second kappa shape index (κ2) is 9.56. The molecular weight excluding hydrogens is 455 g/mol. The maximum Gasteiger partial charge on any atom is 0.434 e. The van der Waals surface area contributed by atoms with Crippen LogP contribution in [0.4, 0.5) is 19.0 Å². The molecule has 0 radical (unpaired) electrons. The zero-order valence-corrected chi connectivity index (χ0v) is 18.0. The van der Waals surface area contributed by atoms with E-state index in [0.29, 0.717) is 22.8 Å². The molecule has 0 amide bonds. The minimum atomic E-state index is -4.50. The van der Waals surface area contributed by atoms with E-state index in [2.05, 4.69) is 25.0 Å². The fourth-order valence-electron chi connectivity index (χ4n) is 2.61. The van der Waals surface area contributed by atoms with Crippen molar-refractivity contribution in [2.75, 3.05) is 18.2 Å². The standard InChI is InChI=1S/C19H17ClF3N5O2S/c1-28-9-14(19(21,22)23)26-17(28)12-5-3-11(4-6-12)7-24-16-13(8-25-18(20)27-16)31-10-15(29)30-2/h3-6,8-9H,7,10H2,1-2H3,(H,24,25,27). The van der Waals surface area contributed by atoms with E-state index in [1.165, 1.54) is 36.7 Å². The van der Waals surface area contributed by atoms with Crippen molar-refractivity contribution in [2.24, 2.45) is 7.05 Å². The van der Waals surface area contributed by atoms with Crippen LogP contribution in [-0.2, 0) is 29.3 Å². The third-order valence-electron chi connectivity index (χ3n) is 4.14. The Hall–Kier alpha value is -2.79. The Kier molecular flexibility index (Phi) is 7.06. The number of methoxy groups -OCH3 is 1. The number of anilines is 1. The van der Waals surface area contributed by atoms with Gasteiger partial charge in [0.1, 0.15) is 11.6 Å². The van der Waals surface area contributed by atoms with Crippen LogP contribution in [-0.4, -0.2) is 38.4 Å². The molecule has 12 heteroatoms. The summed E-state index contributed by atoms with van der Waals surface area (Å²) in [5.74, 6) is 0.381. The number of hydrogen-bond acceptors (Lipinski definition) is 7. The first-order chi connectivity index (χ1) is 14.7. The van der Waals surface area contributed by atoms with Gasteiger partial charge in [0.25, 0.3) is 0 Å². The maximum atomic E-state index is 12.9. The number of nitrogens with zero attached hydrogens (tertiary/aromatic N) is 4. The van der Waals surface area contributed by atoms with Crippen LogP contribution >= 0.6 is 23.4 Å². The van der Waals surface area contributed by atoms with E-state index in [9.17, 15) is 18.0 Å². The molecular formula is C19H17ClF3N5O2S. The van der Waals surface area contributed by atoms with Gasteiger partial charge in [0.05, 0.1) is 17.8 Å². The summed E-state index contributed by atoms with van der Waals surface area (Å²) in [6.07, 6.45) is -2.03. The summed E-state index contributed by atoms with van der Waals surface area (Å²) >= 11 is 7.08. The predicted molar refractivity (Wildman–Crippen MR) is 111 cm³/mol. The average Bonchev–Trinajstić information content (AvgIpc) is 3.13. The molecule has 3 rings (SSSR count). The fourth-order valence-corrected chi connectivity index (χ4v) is 3.51. The SMILES string of the molecule is COC(=O)CSc1cnc(Cl)nc1NCc1ccc(-c2nc(C(F)(F)F)cn2C)cc1. The van der Waals surface area contributed by atoms with E-state index < -0.39 is 11.9 Å². The first-order valence-electron chi connectivity index (χ1n) is 8.83. The van der Waals surface area contributed by atoms with Gasteiger partial charge in [0.2, 0.25) is 5.28 Å². The molecule has 3 aromatic rings. The highest BCUT2D eigenvalue weighted by molar-refractivity contribution is 8.00. The van der Waals surface area contributed by atoms with Crippen LogP contribution in [0.3, 0.4) is 0 Å². The van der Waals surface area contributed by atoms with E-state index in [1.54, 1.807) is 24.3 Å². The average molecular weight is 472 g/mol. The van der Waals surface area contributed by atoms with Crippen LogP contribution in [0.5, 0.6) is 0 Å². The minimum Gasteiger partial charge on any atom is -0.468 e. The van der Waals surface area contributed by atoms with Crippen LogP contribution < -0.4 is 5.32 Å². The number of aryl methyl sites for hydroxylation is 1. The van der Waals surface area contributed by atoms with Crippen molar-refractivity contribution >= 4 is 35.1 Å². The van der Waals surface area contributed by atoms with Gasteiger partial charge in [0.15, 0.2) is 5.69 Å². The maximum absolute atomic E-state index is 12.9. The molecule has 0 aliphatic heterocycles. The van der Waals surface area contributed by atoms with Gasteiger partial charge >= 0.3 is 12.1 Å². The summed E-state index contributed by atoms with van der Waals surface area (Å²) in [4.78, 5) is 23.8. The zero-order chi connectivity index (χ0) is 22.6. The predicted octanol–water partition coefficient (Wildman–Crippen LogP) is 4.43. The number of ether oxygens (including phenoxy) is 1. The van der Waals surface area contributed by atoms with Gasteiger partial charge in [-0.15, -0.1) is 11.8 Å². The van der Waals surface area contributed by atoms with Gasteiger partial charge in [-0.1, -0.05) is 24.3 Å². The molecule has 0 aliphatic carbocycles. The molecule has 0 saturated heterocycles. The van der Waals surface area contributed by atoms with Crippen molar-refractivity contribution in [3.05, 3.63) is 53.2 Å². The highest BCUT2D eigenvalue weighted by atomic mass is 35.5. The second-order valence-corrected chi connectivity index (χ2v) is 7.68. The first kappa shape index (κ1) is 22.9. The summed E-state index contributed by atoms with van der Waals surface area (Å²) in [7, 11) is 2.82. The lowest BCUT2D eigenvalue weighted by Crippen LogP contribution is -2.06. The first-order valence-corrected chi connectivity index (χ1v) is 10.2. The molecule has 164 valence electrons. The minimum absolute atomic E-state index is 0.0514. The van der Waals surface area contributed by atoms with Crippen LogP contribution in [0.25, 0.3) is 11.4 Å². The van der Waals surface area contributed by atoms with Crippen LogP contribution in [0, 0.1) is 0 Å². The lowest BCUT2D eigenvalue weighted by Gasteiger charge is -2.11. The Morgan fingerprint density at radius 3 is 2.58 bits per heavy atom. The number of esters is 1. The van der Waals surface area contributed by atoms with Crippen LogP contribution in [0.2, 0.25) is 5.28 Å². The molecule has 2 aromatic heterocycles. The molecule has 2 heterocycles. The Morgan fingerprint density at radius 2 is 1.97 bits per heavy atom. The van der Waals surface area contributed by atoms with Crippen molar-refractivity contribution in [1.29, 1.82) is 0 Å². The monoisotopic (exact) mass is 471 g/mol. The molecule has 1 aromatic carbocycles. The second-order valence-electron chi connectivity index (χ2n) is 6.33. The summed E-state index contributed by atoms with van der Waals surface area (Å²) < 4.78 is 44.6. The summed E-state index contributed by atoms with van der Waals surface area (Å²) in [6, 6.07) is 6.93. The van der Waals surface area contributed by atoms with E-state index >= 15 is 0 Å². The molecule has 0 fully saturated rings. The van der Waals surface area contributed by atoms with E-state index in [1.807, 2.05) is 0 Å². The smallest absolute Gasteiger partial charge is 0.434 e. The number of rotatable bonds is 7. The van der Waals surface area contributed by atoms with Crippen molar-refractivity contribution < 1.29 is 22.7 Å². The highest BCUT2D eigenvalue weighted by Crippen LogP contribution is 2.31. The molecule has 0 bridgehead atoms. The summed E-state index contributed by atoms with van der Waals surface area (Å²) in [5, 5.41) is 3.18. The molecule has 7 nitrogen and oxygen atoms in total. The van der Waals surface area contributed by atoms with Gasteiger partial charge in [-0.3, -0.25) is 4.79 Å². The van der Waals surface area contributed by atoms with Crippen LogP contribution in [0.15, 0.2) is 41.6 Å². The number of benzene rings is 1. The number of nitrogens with one attached hydrogen (secondary N) is 1. The largest absolute Gasteiger partial charge is 0.468 e. The third-order valence-corrected chi connectivity index (χ3v) is 5.31. The van der Waals surface area contributed by atoms with Gasteiger partial charge in [-0.25, -0.2) is 9.97 Å². The lowest BCUT2D eigenvalue weighted by atomic mass is 10.1. The molecule has 1 N–H and O–H groups in total. The molecule has 0 spiro atoms. The van der Waals surface area contributed by atoms with Crippen molar-refractivity contribution in [2.45, 2.75) is 17.6 Å². The molecule has 0 atom stereocenters. The van der Waals surface area contributed by atoms with Crippen LogP contribution in [0.1, 0.15) is 11.3 Å². The number of alkyl halides is 3. The Labute approximate surface area is 185 Å². The number of thioether (sulfide) groups is 1.